The maximum Gasteiger partial charge on any atom is 0.416 e. The molecule has 1 N–H and O–H groups in total. The van der Waals surface area contributed by atoms with Crippen LogP contribution in [0.1, 0.15) is 12.5 Å². The second-order valence-corrected chi connectivity index (χ2v) is 4.32. The highest BCUT2D eigenvalue weighted by atomic mass is 35.5. The number of rotatable bonds is 3. The highest BCUT2D eigenvalue weighted by Gasteiger charge is 2.31. The third-order valence-corrected chi connectivity index (χ3v) is 2.76. The molecule has 0 aliphatic carbocycles. The summed E-state index contributed by atoms with van der Waals surface area (Å²) in [4.78, 5) is 4.03. The van der Waals surface area contributed by atoms with Gasteiger partial charge in [-0.25, -0.2) is 4.98 Å². The van der Waals surface area contributed by atoms with Crippen molar-refractivity contribution in [3.05, 3.63) is 41.2 Å². The van der Waals surface area contributed by atoms with E-state index in [9.17, 15) is 13.2 Å². The molecule has 0 atom stereocenters. The van der Waals surface area contributed by atoms with Crippen LogP contribution in [0, 0.1) is 0 Å². The number of imidazole rings is 1. The highest BCUT2D eigenvalue weighted by Crippen LogP contribution is 2.33. The first-order valence-electron chi connectivity index (χ1n) is 5.56. The summed E-state index contributed by atoms with van der Waals surface area (Å²) >= 11 is 5.70. The van der Waals surface area contributed by atoms with Crippen molar-refractivity contribution < 1.29 is 13.2 Å². The minimum Gasteiger partial charge on any atom is -0.326 e. The van der Waals surface area contributed by atoms with Crippen molar-refractivity contribution in [2.45, 2.75) is 19.6 Å². The minimum atomic E-state index is -4.43. The molecule has 0 saturated heterocycles. The molecule has 0 radical (unpaired) electrons. The lowest BCUT2D eigenvalue weighted by molar-refractivity contribution is -0.137. The Bertz CT molecular complexity index is 578. The quantitative estimate of drug-likeness (QED) is 0.912. The molecule has 0 aliphatic rings. The summed E-state index contributed by atoms with van der Waals surface area (Å²) in [6, 6.07) is 3.31. The van der Waals surface area contributed by atoms with Gasteiger partial charge in [-0.1, -0.05) is 11.6 Å². The zero-order valence-corrected chi connectivity index (χ0v) is 10.8. The zero-order chi connectivity index (χ0) is 14.0. The van der Waals surface area contributed by atoms with Gasteiger partial charge in [-0.05, 0) is 25.1 Å². The molecule has 7 heteroatoms. The fourth-order valence-corrected chi connectivity index (χ4v) is 1.88. The van der Waals surface area contributed by atoms with Crippen LogP contribution >= 0.6 is 11.6 Å². The lowest BCUT2D eigenvalue weighted by Gasteiger charge is -2.12. The Balaban J connectivity index is 2.33. The van der Waals surface area contributed by atoms with Crippen LogP contribution in [-0.4, -0.2) is 9.55 Å². The van der Waals surface area contributed by atoms with Crippen molar-refractivity contribution in [1.82, 2.24) is 9.55 Å². The number of hydrogen-bond donors (Lipinski definition) is 1. The van der Waals surface area contributed by atoms with E-state index in [2.05, 4.69) is 10.3 Å². The third-order valence-electron chi connectivity index (χ3n) is 2.54. The van der Waals surface area contributed by atoms with Gasteiger partial charge in [-0.15, -0.1) is 0 Å². The monoisotopic (exact) mass is 289 g/mol. The lowest BCUT2D eigenvalue weighted by atomic mass is 10.2. The van der Waals surface area contributed by atoms with Gasteiger partial charge in [0.05, 0.1) is 5.56 Å². The van der Waals surface area contributed by atoms with Crippen LogP contribution in [0.3, 0.4) is 0 Å². The first-order valence-corrected chi connectivity index (χ1v) is 5.94. The topological polar surface area (TPSA) is 29.9 Å². The number of alkyl halides is 3. The zero-order valence-electron chi connectivity index (χ0n) is 10.0. The average molecular weight is 290 g/mol. The molecule has 1 heterocycles. The summed E-state index contributed by atoms with van der Waals surface area (Å²) in [6.07, 6.45) is -1.12. The average Bonchev–Trinajstić information content (AvgIpc) is 2.74. The molecule has 2 aromatic rings. The molecule has 3 nitrogen and oxygen atoms in total. The highest BCUT2D eigenvalue weighted by molar-refractivity contribution is 6.31. The fraction of sp³-hybridized carbons (Fsp3) is 0.250. The molecule has 0 spiro atoms. The van der Waals surface area contributed by atoms with E-state index in [0.29, 0.717) is 12.5 Å². The van der Waals surface area contributed by atoms with E-state index >= 15 is 0 Å². The van der Waals surface area contributed by atoms with E-state index in [-0.39, 0.29) is 10.7 Å². The second kappa shape index (κ2) is 5.13. The molecule has 19 heavy (non-hydrogen) atoms. The van der Waals surface area contributed by atoms with Gasteiger partial charge < -0.3 is 9.88 Å². The third kappa shape index (κ3) is 3.20. The van der Waals surface area contributed by atoms with Crippen molar-refractivity contribution >= 4 is 23.2 Å². The normalized spacial score (nSPS) is 11.6. The maximum absolute atomic E-state index is 12.7. The molecule has 102 valence electrons. The van der Waals surface area contributed by atoms with Gasteiger partial charge in [0.1, 0.15) is 0 Å². The van der Waals surface area contributed by atoms with E-state index < -0.39 is 11.7 Å². The summed E-state index contributed by atoms with van der Waals surface area (Å²) in [7, 11) is 0. The first kappa shape index (κ1) is 13.7. The summed E-state index contributed by atoms with van der Waals surface area (Å²) in [5.41, 5.74) is -0.544. The molecule has 1 aromatic heterocycles. The molecule has 0 unspecified atom stereocenters. The smallest absolute Gasteiger partial charge is 0.326 e. The molecule has 0 bridgehead atoms. The van der Waals surface area contributed by atoms with Crippen molar-refractivity contribution in [3.8, 4) is 0 Å². The maximum atomic E-state index is 12.7. The Morgan fingerprint density at radius 3 is 2.68 bits per heavy atom. The van der Waals surface area contributed by atoms with Gasteiger partial charge in [0.25, 0.3) is 0 Å². The standard InChI is InChI=1S/C12H11ClF3N3/c1-2-19-4-3-17-11(19)18-10-6-8(12(14,15)16)5-9(13)7-10/h3-7H,2H2,1H3,(H,17,18). The number of halogens is 4. The number of aromatic nitrogens is 2. The number of nitrogens with one attached hydrogen (secondary N) is 1. The van der Waals surface area contributed by atoms with Crippen LogP contribution in [0.2, 0.25) is 5.02 Å². The number of anilines is 2. The molecule has 1 aromatic carbocycles. The van der Waals surface area contributed by atoms with Crippen molar-refractivity contribution in [2.75, 3.05) is 5.32 Å². The van der Waals surface area contributed by atoms with Crippen LogP contribution < -0.4 is 5.32 Å². The molecule has 0 saturated carbocycles. The Kier molecular flexibility index (Phi) is 3.71. The van der Waals surface area contributed by atoms with Crippen LogP contribution in [0.25, 0.3) is 0 Å². The predicted molar refractivity (Wildman–Crippen MR) is 67.6 cm³/mol. The number of aryl methyl sites for hydroxylation is 1. The van der Waals surface area contributed by atoms with Gasteiger partial charge in [-0.3, -0.25) is 0 Å². The Hall–Kier alpha value is -1.69. The SMILES string of the molecule is CCn1ccnc1Nc1cc(Cl)cc(C(F)(F)F)c1. The fourth-order valence-electron chi connectivity index (χ4n) is 1.64. The van der Waals surface area contributed by atoms with Gasteiger partial charge in [0.2, 0.25) is 5.95 Å². The summed E-state index contributed by atoms with van der Waals surface area (Å²) < 4.78 is 39.8. The van der Waals surface area contributed by atoms with Gasteiger partial charge in [0.15, 0.2) is 0 Å². The van der Waals surface area contributed by atoms with Gasteiger partial charge in [-0.2, -0.15) is 13.2 Å². The van der Waals surface area contributed by atoms with E-state index in [0.717, 1.165) is 12.1 Å². The molecule has 0 fully saturated rings. The summed E-state index contributed by atoms with van der Waals surface area (Å²) in [6.45, 7) is 2.57. The summed E-state index contributed by atoms with van der Waals surface area (Å²) in [5, 5.41) is 2.84. The molecule has 2 rings (SSSR count). The van der Waals surface area contributed by atoms with E-state index in [4.69, 9.17) is 11.6 Å². The van der Waals surface area contributed by atoms with Crippen LogP contribution in [0.5, 0.6) is 0 Å². The van der Waals surface area contributed by atoms with Crippen molar-refractivity contribution in [2.24, 2.45) is 0 Å². The van der Waals surface area contributed by atoms with Crippen molar-refractivity contribution in [1.29, 1.82) is 0 Å². The largest absolute Gasteiger partial charge is 0.416 e. The second-order valence-electron chi connectivity index (χ2n) is 3.89. The van der Waals surface area contributed by atoms with Gasteiger partial charge in [0, 0.05) is 29.6 Å². The van der Waals surface area contributed by atoms with Crippen LogP contribution in [-0.2, 0) is 12.7 Å². The molecule has 0 amide bonds. The van der Waals surface area contributed by atoms with Crippen molar-refractivity contribution in [3.63, 3.8) is 0 Å². The molecular weight excluding hydrogens is 279 g/mol. The van der Waals surface area contributed by atoms with Crippen LogP contribution in [0.4, 0.5) is 24.8 Å². The number of benzene rings is 1. The summed E-state index contributed by atoms with van der Waals surface area (Å²) in [5.74, 6) is 0.470. The number of nitrogens with zero attached hydrogens (tertiary/aromatic N) is 2. The molecular formula is C12H11ClF3N3. The number of hydrogen-bond acceptors (Lipinski definition) is 2. The van der Waals surface area contributed by atoms with Gasteiger partial charge >= 0.3 is 6.18 Å². The van der Waals surface area contributed by atoms with Crippen LogP contribution in [0.15, 0.2) is 30.6 Å². The Morgan fingerprint density at radius 1 is 1.32 bits per heavy atom. The minimum absolute atomic E-state index is 0.0203. The molecule has 0 aliphatic heterocycles. The van der Waals surface area contributed by atoms with E-state index in [1.807, 2.05) is 6.92 Å². The van der Waals surface area contributed by atoms with E-state index in [1.54, 1.807) is 17.0 Å². The van der Waals surface area contributed by atoms with E-state index in [1.165, 1.54) is 6.07 Å². The Morgan fingerprint density at radius 2 is 2.05 bits per heavy atom. The predicted octanol–water partition coefficient (Wildman–Crippen LogP) is 4.32. The Labute approximate surface area is 113 Å². The lowest BCUT2D eigenvalue weighted by Crippen LogP contribution is -2.07. The first-order chi connectivity index (χ1) is 8.90.